The van der Waals surface area contributed by atoms with Gasteiger partial charge in [0, 0.05) is 12.6 Å². The molecule has 0 bridgehead atoms. The number of rotatable bonds is 3. The van der Waals surface area contributed by atoms with Crippen LogP contribution in [0.25, 0.3) is 0 Å². The van der Waals surface area contributed by atoms with Crippen LogP contribution in [0.1, 0.15) is 20.8 Å². The number of halogens is 3. The highest BCUT2D eigenvalue weighted by Crippen LogP contribution is 2.17. The predicted octanol–water partition coefficient (Wildman–Crippen LogP) is 1.59. The van der Waals surface area contributed by atoms with Crippen molar-refractivity contribution in [3.63, 3.8) is 0 Å². The van der Waals surface area contributed by atoms with Gasteiger partial charge in [0.25, 0.3) is 0 Å². The lowest BCUT2D eigenvalue weighted by atomic mass is 10.3. The summed E-state index contributed by atoms with van der Waals surface area (Å²) in [5, 5.41) is 0. The van der Waals surface area contributed by atoms with E-state index in [1.54, 1.807) is 20.8 Å². The summed E-state index contributed by atoms with van der Waals surface area (Å²) in [7, 11) is 0. The summed E-state index contributed by atoms with van der Waals surface area (Å²) in [5.41, 5.74) is 5.41. The highest BCUT2D eigenvalue weighted by Gasteiger charge is 2.32. The van der Waals surface area contributed by atoms with Crippen molar-refractivity contribution in [2.45, 2.75) is 33.0 Å². The molecule has 0 aliphatic rings. The number of aliphatic imine (C=N–C) groups is 1. The van der Waals surface area contributed by atoms with Crippen molar-refractivity contribution < 1.29 is 13.2 Å². The molecule has 0 atom stereocenters. The van der Waals surface area contributed by atoms with Gasteiger partial charge in [-0.1, -0.05) is 0 Å². The molecule has 0 heterocycles. The summed E-state index contributed by atoms with van der Waals surface area (Å²) < 4.78 is 36.3. The topological polar surface area (TPSA) is 41.6 Å². The van der Waals surface area contributed by atoms with Crippen molar-refractivity contribution in [1.82, 2.24) is 4.90 Å². The van der Waals surface area contributed by atoms with Crippen LogP contribution >= 0.6 is 0 Å². The van der Waals surface area contributed by atoms with E-state index in [0.29, 0.717) is 6.54 Å². The van der Waals surface area contributed by atoms with Gasteiger partial charge < -0.3 is 10.6 Å². The predicted molar refractivity (Wildman–Crippen MR) is 50.1 cm³/mol. The molecular weight excluding hydrogens is 195 g/mol. The minimum atomic E-state index is -4.25. The van der Waals surface area contributed by atoms with Crippen LogP contribution in [0.15, 0.2) is 4.99 Å². The van der Waals surface area contributed by atoms with Gasteiger partial charge in [-0.25, -0.2) is 0 Å². The number of hydrogen-bond acceptors (Lipinski definition) is 1. The van der Waals surface area contributed by atoms with Gasteiger partial charge in [-0.05, 0) is 20.8 Å². The summed E-state index contributed by atoms with van der Waals surface area (Å²) in [5.74, 6) is -0.0557. The number of guanidine groups is 1. The van der Waals surface area contributed by atoms with Crippen LogP contribution in [-0.4, -0.2) is 36.2 Å². The second-order valence-corrected chi connectivity index (χ2v) is 3.17. The quantitative estimate of drug-likeness (QED) is 0.569. The van der Waals surface area contributed by atoms with E-state index in [9.17, 15) is 13.2 Å². The molecule has 0 radical (unpaired) electrons. The van der Waals surface area contributed by atoms with Crippen LogP contribution in [0.3, 0.4) is 0 Å². The smallest absolute Gasteiger partial charge is 0.370 e. The highest BCUT2D eigenvalue weighted by molar-refractivity contribution is 5.78. The first-order valence-corrected chi connectivity index (χ1v) is 4.41. The van der Waals surface area contributed by atoms with Crippen LogP contribution in [0.2, 0.25) is 0 Å². The fraction of sp³-hybridized carbons (Fsp3) is 0.875. The largest absolute Gasteiger partial charge is 0.406 e. The average Bonchev–Trinajstić information content (AvgIpc) is 1.98. The summed E-state index contributed by atoms with van der Waals surface area (Å²) in [6.45, 7) is 4.33. The van der Waals surface area contributed by atoms with Crippen LogP contribution in [0.4, 0.5) is 13.2 Å². The Hall–Kier alpha value is -0.940. The molecule has 0 aromatic rings. The average molecular weight is 211 g/mol. The molecule has 0 aliphatic carbocycles. The Kier molecular flexibility index (Phi) is 4.73. The monoisotopic (exact) mass is 211 g/mol. The SMILES string of the molecule is CCN=C(N)N(CC(F)(F)F)C(C)C. The third-order valence-corrected chi connectivity index (χ3v) is 1.59. The zero-order chi connectivity index (χ0) is 11.4. The van der Waals surface area contributed by atoms with Gasteiger partial charge in [0.15, 0.2) is 5.96 Å². The van der Waals surface area contributed by atoms with Gasteiger partial charge in [0.2, 0.25) is 0 Å². The maximum atomic E-state index is 12.1. The van der Waals surface area contributed by atoms with Crippen LogP contribution in [0, 0.1) is 0 Å². The first kappa shape index (κ1) is 13.1. The van der Waals surface area contributed by atoms with E-state index in [2.05, 4.69) is 4.99 Å². The van der Waals surface area contributed by atoms with Crippen LogP contribution in [-0.2, 0) is 0 Å². The Morgan fingerprint density at radius 1 is 1.43 bits per heavy atom. The molecule has 6 heteroatoms. The molecule has 0 fully saturated rings. The van der Waals surface area contributed by atoms with Crippen molar-refractivity contribution in [3.8, 4) is 0 Å². The maximum absolute atomic E-state index is 12.1. The number of alkyl halides is 3. The summed E-state index contributed by atoms with van der Waals surface area (Å²) in [6, 6.07) is -0.313. The normalized spacial score (nSPS) is 13.5. The Labute approximate surface area is 81.8 Å². The first-order chi connectivity index (χ1) is 6.28. The van der Waals surface area contributed by atoms with E-state index >= 15 is 0 Å². The van der Waals surface area contributed by atoms with Crippen molar-refractivity contribution in [2.75, 3.05) is 13.1 Å². The molecule has 3 nitrogen and oxygen atoms in total. The first-order valence-electron chi connectivity index (χ1n) is 4.41. The number of nitrogens with zero attached hydrogens (tertiary/aromatic N) is 2. The standard InChI is InChI=1S/C8H16F3N3/c1-4-13-7(12)14(6(2)3)5-8(9,10)11/h6H,4-5H2,1-3H3,(H2,12,13). The van der Waals surface area contributed by atoms with Gasteiger partial charge in [-0.15, -0.1) is 0 Å². The van der Waals surface area contributed by atoms with E-state index in [0.717, 1.165) is 4.90 Å². The Bertz CT molecular complexity index is 198. The lowest BCUT2D eigenvalue weighted by Gasteiger charge is -2.28. The molecule has 0 aliphatic heterocycles. The van der Waals surface area contributed by atoms with E-state index in [4.69, 9.17) is 5.73 Å². The molecule has 0 spiro atoms. The van der Waals surface area contributed by atoms with E-state index < -0.39 is 12.7 Å². The van der Waals surface area contributed by atoms with Crippen molar-refractivity contribution in [1.29, 1.82) is 0 Å². The highest BCUT2D eigenvalue weighted by atomic mass is 19.4. The second-order valence-electron chi connectivity index (χ2n) is 3.17. The third kappa shape index (κ3) is 4.94. The Balaban J connectivity index is 4.53. The third-order valence-electron chi connectivity index (χ3n) is 1.59. The van der Waals surface area contributed by atoms with Gasteiger partial charge >= 0.3 is 6.18 Å². The Morgan fingerprint density at radius 3 is 2.21 bits per heavy atom. The lowest BCUT2D eigenvalue weighted by molar-refractivity contribution is -0.140. The van der Waals surface area contributed by atoms with Crippen LogP contribution < -0.4 is 5.73 Å². The fourth-order valence-electron chi connectivity index (χ4n) is 0.974. The van der Waals surface area contributed by atoms with E-state index in [1.165, 1.54) is 0 Å². The second kappa shape index (κ2) is 5.07. The molecule has 0 aromatic heterocycles. The molecule has 84 valence electrons. The maximum Gasteiger partial charge on any atom is 0.406 e. The van der Waals surface area contributed by atoms with Crippen molar-refractivity contribution in [3.05, 3.63) is 0 Å². The van der Waals surface area contributed by atoms with Gasteiger partial charge in [0.05, 0.1) is 0 Å². The molecule has 0 aromatic carbocycles. The lowest BCUT2D eigenvalue weighted by Crippen LogP contribution is -2.47. The minimum absolute atomic E-state index is 0.0557. The molecule has 0 unspecified atom stereocenters. The van der Waals surface area contributed by atoms with Crippen molar-refractivity contribution in [2.24, 2.45) is 10.7 Å². The molecule has 0 saturated heterocycles. The fourth-order valence-corrected chi connectivity index (χ4v) is 0.974. The zero-order valence-corrected chi connectivity index (χ0v) is 8.60. The minimum Gasteiger partial charge on any atom is -0.370 e. The molecular formula is C8H16F3N3. The Morgan fingerprint density at radius 2 is 1.93 bits per heavy atom. The van der Waals surface area contributed by atoms with Gasteiger partial charge in [-0.3, -0.25) is 4.99 Å². The van der Waals surface area contributed by atoms with Gasteiger partial charge in [0.1, 0.15) is 6.54 Å². The molecule has 0 saturated carbocycles. The summed E-state index contributed by atoms with van der Waals surface area (Å²) in [4.78, 5) is 4.78. The number of nitrogens with two attached hydrogens (primary N) is 1. The molecule has 2 N–H and O–H groups in total. The van der Waals surface area contributed by atoms with Crippen molar-refractivity contribution >= 4 is 5.96 Å². The van der Waals surface area contributed by atoms with Gasteiger partial charge in [-0.2, -0.15) is 13.2 Å². The van der Waals surface area contributed by atoms with Crippen LogP contribution in [0.5, 0.6) is 0 Å². The molecule has 0 rings (SSSR count). The summed E-state index contributed by atoms with van der Waals surface area (Å²) >= 11 is 0. The molecule has 14 heavy (non-hydrogen) atoms. The van der Waals surface area contributed by atoms with E-state index in [1.807, 2.05) is 0 Å². The summed E-state index contributed by atoms with van der Waals surface area (Å²) in [6.07, 6.45) is -4.25. The molecule has 0 amide bonds. The number of hydrogen-bond donors (Lipinski definition) is 1. The zero-order valence-electron chi connectivity index (χ0n) is 8.60. The van der Waals surface area contributed by atoms with E-state index in [-0.39, 0.29) is 12.0 Å².